The zero-order valence-corrected chi connectivity index (χ0v) is 13.4. The summed E-state index contributed by atoms with van der Waals surface area (Å²) in [5, 5.41) is 8.48. The van der Waals surface area contributed by atoms with E-state index in [0.29, 0.717) is 26.4 Å². The Kier molecular flexibility index (Phi) is 12.1. The topological polar surface area (TPSA) is 41.9 Å². The zero-order chi connectivity index (χ0) is 13.9. The van der Waals surface area contributed by atoms with E-state index < -0.39 is 0 Å². The van der Waals surface area contributed by atoms with Gasteiger partial charge in [-0.25, -0.2) is 0 Å². The molecule has 0 aliphatic rings. The number of ether oxygens (including phenoxy) is 2. The fourth-order valence-electron chi connectivity index (χ4n) is 1.01. The fraction of sp³-hybridized carbons (Fsp3) is 1.00. The van der Waals surface area contributed by atoms with E-state index in [2.05, 4.69) is 0 Å². The van der Waals surface area contributed by atoms with E-state index in [9.17, 15) is 0 Å². The maximum absolute atomic E-state index is 8.48. The van der Waals surface area contributed by atoms with Crippen molar-refractivity contribution in [3.05, 3.63) is 0 Å². The molecule has 18 heavy (non-hydrogen) atoms. The molecule has 7 heteroatoms. The summed E-state index contributed by atoms with van der Waals surface area (Å²) < 4.78 is 11.6. The third-order valence-electron chi connectivity index (χ3n) is 2.30. The maximum atomic E-state index is 8.48. The molecule has 0 aliphatic heterocycles. The van der Waals surface area contributed by atoms with Gasteiger partial charge in [-0.1, -0.05) is 0 Å². The molecule has 4 nitrogen and oxygen atoms in total. The van der Waals surface area contributed by atoms with Crippen molar-refractivity contribution in [1.29, 1.82) is 0 Å². The average molecular weight is 320 g/mol. The highest BCUT2D eigenvalue weighted by Crippen LogP contribution is 2.25. The lowest BCUT2D eigenvalue weighted by atomic mass is 10.0. The van der Waals surface area contributed by atoms with Gasteiger partial charge in [0.15, 0.2) is 0 Å². The van der Waals surface area contributed by atoms with Crippen LogP contribution < -0.4 is 0 Å². The minimum Gasteiger partial charge on any atom is -0.394 e. The maximum Gasteiger partial charge on any atom is 0.0701 e. The summed E-state index contributed by atoms with van der Waals surface area (Å²) in [5.74, 6) is 1.94. The Morgan fingerprint density at radius 3 is 2.22 bits per heavy atom. The normalized spacial score (nSPS) is 12.3. The first-order valence-electron chi connectivity index (χ1n) is 5.96. The van der Waals surface area contributed by atoms with E-state index in [4.69, 9.17) is 38.1 Å². The highest BCUT2D eigenvalue weighted by Gasteiger charge is 2.23. The molecule has 0 spiro atoms. The number of hydrogen-bond acceptors (Lipinski definition) is 5. The van der Waals surface area contributed by atoms with Gasteiger partial charge >= 0.3 is 0 Å². The third-order valence-corrected chi connectivity index (χ3v) is 4.16. The predicted octanol–water partition coefficient (Wildman–Crippen LogP) is 2.52. The van der Waals surface area contributed by atoms with E-state index >= 15 is 0 Å². The van der Waals surface area contributed by atoms with E-state index in [0.717, 1.165) is 17.9 Å². The molecule has 0 amide bonds. The molecule has 1 N–H and O–H groups in total. The van der Waals surface area contributed by atoms with Crippen molar-refractivity contribution in [2.45, 2.75) is 25.8 Å². The van der Waals surface area contributed by atoms with Crippen LogP contribution in [0.2, 0.25) is 0 Å². The van der Waals surface area contributed by atoms with Gasteiger partial charge in [0.1, 0.15) is 0 Å². The smallest absolute Gasteiger partial charge is 0.0701 e. The van der Waals surface area contributed by atoms with Crippen molar-refractivity contribution in [2.24, 2.45) is 0 Å². The predicted molar refractivity (Wildman–Crippen MR) is 78.3 cm³/mol. The first kappa shape index (κ1) is 18.8. The molecule has 0 rings (SSSR count). The van der Waals surface area contributed by atoms with Gasteiger partial charge in [-0.05, 0) is 49.6 Å². The zero-order valence-electron chi connectivity index (χ0n) is 11.0. The standard InChI is InChI=1S/C11H23Cl2NO3S/c1-11(2,14(12)13)3-9-18-10-8-17-7-6-16-5-4-15/h15H,3-10H2,1-2H3. The Morgan fingerprint density at radius 2 is 1.67 bits per heavy atom. The van der Waals surface area contributed by atoms with E-state index in [1.54, 1.807) is 0 Å². The molecule has 0 radical (unpaired) electrons. The summed E-state index contributed by atoms with van der Waals surface area (Å²) in [6.07, 6.45) is 0.921. The monoisotopic (exact) mass is 319 g/mol. The molecule has 0 aromatic rings. The highest BCUT2D eigenvalue weighted by molar-refractivity contribution is 7.99. The van der Waals surface area contributed by atoms with Crippen molar-refractivity contribution in [1.82, 2.24) is 3.94 Å². The number of halogens is 2. The van der Waals surface area contributed by atoms with E-state index in [-0.39, 0.29) is 12.1 Å². The molecule has 0 saturated heterocycles. The van der Waals surface area contributed by atoms with Crippen LogP contribution in [0.15, 0.2) is 0 Å². The average Bonchev–Trinajstić information content (AvgIpc) is 2.31. The molecule has 0 aromatic heterocycles. The molecule has 0 bridgehead atoms. The van der Waals surface area contributed by atoms with Gasteiger partial charge in [0, 0.05) is 11.3 Å². The van der Waals surface area contributed by atoms with Crippen LogP contribution in [0.3, 0.4) is 0 Å². The Morgan fingerprint density at radius 1 is 1.06 bits per heavy atom. The summed E-state index contributed by atoms with van der Waals surface area (Å²) >= 11 is 13.3. The second-order valence-electron chi connectivity index (χ2n) is 4.36. The number of hydrogen-bond donors (Lipinski definition) is 1. The van der Waals surface area contributed by atoms with Crippen LogP contribution in [0, 0.1) is 0 Å². The van der Waals surface area contributed by atoms with Gasteiger partial charge in [-0.15, -0.1) is 3.94 Å². The Labute approximate surface area is 124 Å². The van der Waals surface area contributed by atoms with Crippen LogP contribution in [0.5, 0.6) is 0 Å². The summed E-state index contributed by atoms with van der Waals surface area (Å²) in [6, 6.07) is 0. The quantitative estimate of drug-likeness (QED) is 0.442. The van der Waals surface area contributed by atoms with Crippen LogP contribution in [0.25, 0.3) is 0 Å². The molecule has 0 atom stereocenters. The highest BCUT2D eigenvalue weighted by atomic mass is 35.5. The first-order valence-corrected chi connectivity index (χ1v) is 7.79. The lowest BCUT2D eigenvalue weighted by Crippen LogP contribution is -2.31. The summed E-state index contributed by atoms with van der Waals surface area (Å²) in [6.45, 7) is 6.25. The number of aliphatic hydroxyl groups is 1. The third kappa shape index (κ3) is 10.7. The van der Waals surface area contributed by atoms with Crippen LogP contribution in [-0.4, -0.2) is 59.1 Å². The van der Waals surface area contributed by atoms with Crippen molar-refractivity contribution in [2.75, 3.05) is 44.5 Å². The molecule has 0 unspecified atom stereocenters. The first-order chi connectivity index (χ1) is 8.50. The molecule has 110 valence electrons. The van der Waals surface area contributed by atoms with Gasteiger partial charge in [0.25, 0.3) is 0 Å². The van der Waals surface area contributed by atoms with Crippen LogP contribution in [-0.2, 0) is 9.47 Å². The van der Waals surface area contributed by atoms with Gasteiger partial charge < -0.3 is 14.6 Å². The molecule has 0 aromatic carbocycles. The van der Waals surface area contributed by atoms with Gasteiger partial charge in [0.2, 0.25) is 0 Å². The van der Waals surface area contributed by atoms with Crippen molar-refractivity contribution < 1.29 is 14.6 Å². The largest absolute Gasteiger partial charge is 0.394 e. The Hall–Kier alpha value is 0.770. The van der Waals surface area contributed by atoms with Crippen molar-refractivity contribution in [3.8, 4) is 0 Å². The lowest BCUT2D eigenvalue weighted by molar-refractivity contribution is 0.0377. The second-order valence-corrected chi connectivity index (χ2v) is 6.43. The van der Waals surface area contributed by atoms with Crippen molar-refractivity contribution >= 4 is 35.3 Å². The second kappa shape index (κ2) is 11.6. The molecule has 0 heterocycles. The van der Waals surface area contributed by atoms with Crippen LogP contribution in [0.1, 0.15) is 20.3 Å². The van der Waals surface area contributed by atoms with E-state index in [1.165, 1.54) is 3.94 Å². The minimum atomic E-state index is -0.199. The van der Waals surface area contributed by atoms with Crippen molar-refractivity contribution in [3.63, 3.8) is 0 Å². The molecule has 0 aliphatic carbocycles. The Bertz CT molecular complexity index is 197. The molecule has 0 fully saturated rings. The number of aliphatic hydroxyl groups excluding tert-OH is 1. The number of rotatable bonds is 12. The van der Waals surface area contributed by atoms with Gasteiger partial charge in [-0.2, -0.15) is 11.8 Å². The van der Waals surface area contributed by atoms with Crippen LogP contribution >= 0.6 is 35.3 Å². The lowest BCUT2D eigenvalue weighted by Gasteiger charge is -2.27. The summed E-state index contributed by atoms with van der Waals surface area (Å²) in [4.78, 5) is 0. The van der Waals surface area contributed by atoms with Gasteiger partial charge in [-0.3, -0.25) is 0 Å². The molecular formula is C11H23Cl2NO3S. The SMILES string of the molecule is CC(C)(CCSCCOCCOCCO)N(Cl)Cl. The minimum absolute atomic E-state index is 0.0593. The molecule has 0 saturated carbocycles. The van der Waals surface area contributed by atoms with Crippen LogP contribution in [0.4, 0.5) is 0 Å². The van der Waals surface area contributed by atoms with E-state index in [1.807, 2.05) is 25.6 Å². The summed E-state index contributed by atoms with van der Waals surface area (Å²) in [5.41, 5.74) is -0.199. The molecular weight excluding hydrogens is 297 g/mol. The van der Waals surface area contributed by atoms with Gasteiger partial charge in [0.05, 0.1) is 33.0 Å². The number of thioether (sulfide) groups is 1. The summed E-state index contributed by atoms with van der Waals surface area (Å²) in [7, 11) is 0. The number of nitrogens with zero attached hydrogens (tertiary/aromatic N) is 1. The Balaban J connectivity index is 3.21. The fourth-order valence-corrected chi connectivity index (χ4v) is 2.27.